The van der Waals surface area contributed by atoms with Crippen molar-refractivity contribution >= 4 is 57.5 Å². The van der Waals surface area contributed by atoms with Crippen molar-refractivity contribution in [2.24, 2.45) is 0 Å². The minimum atomic E-state index is 0.569. The van der Waals surface area contributed by atoms with Crippen molar-refractivity contribution in [3.8, 4) is 5.75 Å². The van der Waals surface area contributed by atoms with Crippen molar-refractivity contribution in [2.45, 2.75) is 0 Å². The molecule has 0 fully saturated rings. The van der Waals surface area contributed by atoms with Crippen LogP contribution in [-0.2, 0) is 0 Å². The van der Waals surface area contributed by atoms with E-state index in [1.165, 1.54) is 0 Å². The highest BCUT2D eigenvalue weighted by molar-refractivity contribution is 6.19. The Labute approximate surface area is 191 Å². The topological polar surface area (TPSA) is 45.8 Å². The maximum atomic E-state index is 8.93. The summed E-state index contributed by atoms with van der Waals surface area (Å²) in [5.41, 5.74) is 4.84. The lowest BCUT2D eigenvalue weighted by Gasteiger charge is -2.26. The highest BCUT2D eigenvalue weighted by Crippen LogP contribution is 2.40. The number of hydrogen-bond acceptors (Lipinski definition) is 4. The molecule has 33 heavy (non-hydrogen) atoms. The van der Waals surface area contributed by atoms with Gasteiger partial charge in [0.05, 0.1) is 0 Å². The molecule has 6 rings (SSSR count). The Balaban J connectivity index is 1.58. The number of furan rings is 1. The molecule has 5 aromatic carbocycles. The molecule has 0 aliphatic carbocycles. The molecule has 0 bridgehead atoms. The van der Waals surface area contributed by atoms with Crippen molar-refractivity contribution < 1.29 is 14.1 Å². The Morgan fingerprint density at radius 2 is 1.33 bits per heavy atom. The van der Waals surface area contributed by atoms with E-state index in [0.29, 0.717) is 13.4 Å². The Morgan fingerprint density at radius 1 is 0.636 bits per heavy atom. The molecular weight excluding hydrogens is 409 g/mol. The van der Waals surface area contributed by atoms with Crippen molar-refractivity contribution in [1.29, 1.82) is 0 Å². The fraction of sp³-hybridized carbons (Fsp3) is 0. The summed E-state index contributed by atoms with van der Waals surface area (Å²) in [7, 11) is 0.688. The average molecular weight is 428 g/mol. The molecule has 1 radical (unpaired) electrons. The third kappa shape index (κ3) is 3.39. The second-order valence-corrected chi connectivity index (χ2v) is 7.83. The summed E-state index contributed by atoms with van der Waals surface area (Å²) in [5.74, 6) is 0.569. The van der Waals surface area contributed by atoms with Crippen LogP contribution in [0.15, 0.2) is 114 Å². The highest BCUT2D eigenvalue weighted by Gasteiger charge is 2.15. The summed E-state index contributed by atoms with van der Waals surface area (Å²) in [6.07, 6.45) is 0. The van der Waals surface area contributed by atoms with Crippen LogP contribution in [0.1, 0.15) is 0 Å². The molecule has 5 heteroatoms. The minimum Gasteiger partial charge on any atom is -0.537 e. The van der Waals surface area contributed by atoms with E-state index in [1.807, 2.05) is 66.7 Å². The molecule has 0 aliphatic heterocycles. The van der Waals surface area contributed by atoms with Gasteiger partial charge in [0.25, 0.3) is 0 Å². The molecule has 0 unspecified atom stereocenters. The zero-order valence-electron chi connectivity index (χ0n) is 17.7. The molecule has 1 heterocycles. The highest BCUT2D eigenvalue weighted by atomic mass is 16.5. The second-order valence-electron chi connectivity index (χ2n) is 7.83. The molecular formula is C28H19BNO3. The summed E-state index contributed by atoms with van der Waals surface area (Å²) in [6.45, 7) is 0. The van der Waals surface area contributed by atoms with E-state index < -0.39 is 0 Å². The largest absolute Gasteiger partial charge is 0.569 e. The number of rotatable bonds is 5. The van der Waals surface area contributed by atoms with Crippen LogP contribution in [0.25, 0.3) is 32.7 Å². The number of fused-ring (bicyclic) bond motifs is 5. The first-order chi connectivity index (χ1) is 16.3. The molecule has 6 aromatic rings. The summed E-state index contributed by atoms with van der Waals surface area (Å²) < 4.78 is 11.2. The van der Waals surface area contributed by atoms with Crippen LogP contribution < -0.4 is 9.55 Å². The van der Waals surface area contributed by atoms with Gasteiger partial charge in [0.15, 0.2) is 0 Å². The first-order valence-electron chi connectivity index (χ1n) is 10.7. The maximum Gasteiger partial charge on any atom is 0.569 e. The predicted molar refractivity (Wildman–Crippen MR) is 135 cm³/mol. The Morgan fingerprint density at radius 3 is 2.15 bits per heavy atom. The fourth-order valence-corrected chi connectivity index (χ4v) is 4.43. The third-order valence-electron chi connectivity index (χ3n) is 5.90. The van der Waals surface area contributed by atoms with Crippen molar-refractivity contribution in [3.05, 3.63) is 109 Å². The van der Waals surface area contributed by atoms with Gasteiger partial charge in [-0.25, -0.2) is 0 Å². The van der Waals surface area contributed by atoms with Crippen LogP contribution in [0.5, 0.6) is 5.75 Å². The Hall–Kier alpha value is -4.22. The van der Waals surface area contributed by atoms with Gasteiger partial charge in [-0.05, 0) is 71.4 Å². The molecule has 1 N–H and O–H groups in total. The van der Waals surface area contributed by atoms with Gasteiger partial charge in [-0.2, -0.15) is 0 Å². The maximum absolute atomic E-state index is 8.93. The first-order valence-corrected chi connectivity index (χ1v) is 10.7. The standard InChI is InChI=1S/C28H19BNO3/c31-29-33-23-15-13-21(14-16-23)30(20-6-2-1-3-7-20)22-12-10-19-11-17-27-28(25(19)18-22)24-8-4-5-9-26(24)32-27/h1-18,31H. The van der Waals surface area contributed by atoms with E-state index in [0.717, 1.165) is 49.8 Å². The van der Waals surface area contributed by atoms with E-state index in [1.54, 1.807) is 0 Å². The average Bonchev–Trinajstić information content (AvgIpc) is 3.25. The summed E-state index contributed by atoms with van der Waals surface area (Å²) >= 11 is 0. The first kappa shape index (κ1) is 19.5. The summed E-state index contributed by atoms with van der Waals surface area (Å²) in [6, 6.07) is 36.7. The van der Waals surface area contributed by atoms with Gasteiger partial charge in [0.2, 0.25) is 0 Å². The number of hydrogen-bond donors (Lipinski definition) is 1. The van der Waals surface area contributed by atoms with Crippen LogP contribution in [0.4, 0.5) is 17.1 Å². The van der Waals surface area contributed by atoms with Gasteiger partial charge < -0.3 is 19.0 Å². The van der Waals surface area contributed by atoms with Crippen molar-refractivity contribution in [2.75, 3.05) is 4.90 Å². The van der Waals surface area contributed by atoms with E-state index in [4.69, 9.17) is 14.1 Å². The van der Waals surface area contributed by atoms with Gasteiger partial charge in [-0.3, -0.25) is 0 Å². The van der Waals surface area contributed by atoms with E-state index >= 15 is 0 Å². The smallest absolute Gasteiger partial charge is 0.537 e. The molecule has 157 valence electrons. The van der Waals surface area contributed by atoms with Gasteiger partial charge in [-0.15, -0.1) is 0 Å². The molecule has 0 aliphatic rings. The number of benzene rings is 5. The molecule has 0 atom stereocenters. The SMILES string of the molecule is O[B]Oc1ccc(N(c2ccccc2)c2ccc3ccc4oc5ccccc5c4c3c2)cc1. The Kier molecular flexibility index (Phi) is 4.74. The molecule has 0 amide bonds. The third-order valence-corrected chi connectivity index (χ3v) is 5.90. The van der Waals surface area contributed by atoms with Gasteiger partial charge in [0.1, 0.15) is 16.9 Å². The molecule has 4 nitrogen and oxygen atoms in total. The van der Waals surface area contributed by atoms with Crippen LogP contribution >= 0.6 is 0 Å². The van der Waals surface area contributed by atoms with E-state index in [9.17, 15) is 0 Å². The van der Waals surface area contributed by atoms with Crippen LogP contribution in [0.2, 0.25) is 0 Å². The van der Waals surface area contributed by atoms with Gasteiger partial charge in [-0.1, -0.05) is 48.5 Å². The lowest BCUT2D eigenvalue weighted by molar-refractivity contribution is 0.454. The molecule has 0 spiro atoms. The van der Waals surface area contributed by atoms with E-state index in [2.05, 4.69) is 47.4 Å². The molecule has 1 aromatic heterocycles. The van der Waals surface area contributed by atoms with Gasteiger partial charge >= 0.3 is 7.69 Å². The van der Waals surface area contributed by atoms with Crippen molar-refractivity contribution in [3.63, 3.8) is 0 Å². The predicted octanol–water partition coefficient (Wildman–Crippen LogP) is 7.11. The second kappa shape index (κ2) is 8.04. The Bertz CT molecular complexity index is 1580. The van der Waals surface area contributed by atoms with Crippen molar-refractivity contribution in [1.82, 2.24) is 0 Å². The van der Waals surface area contributed by atoms with E-state index in [-0.39, 0.29) is 0 Å². The summed E-state index contributed by atoms with van der Waals surface area (Å²) in [5, 5.41) is 13.5. The lowest BCUT2D eigenvalue weighted by atomic mass is 10.0. The molecule has 0 saturated heterocycles. The van der Waals surface area contributed by atoms with Crippen LogP contribution in [0.3, 0.4) is 0 Å². The quantitative estimate of drug-likeness (QED) is 0.297. The monoisotopic (exact) mass is 428 g/mol. The number of para-hydroxylation sites is 2. The molecule has 0 saturated carbocycles. The lowest BCUT2D eigenvalue weighted by Crippen LogP contribution is -2.10. The number of nitrogens with zero attached hydrogens (tertiary/aromatic N) is 1. The van der Waals surface area contributed by atoms with Crippen LogP contribution in [-0.4, -0.2) is 12.7 Å². The van der Waals surface area contributed by atoms with Gasteiger partial charge in [0, 0.05) is 27.8 Å². The zero-order valence-corrected chi connectivity index (χ0v) is 17.7. The number of anilines is 3. The zero-order chi connectivity index (χ0) is 22.2. The minimum absolute atomic E-state index is 0.569. The van der Waals surface area contributed by atoms with Crippen LogP contribution in [0, 0.1) is 0 Å². The summed E-state index contributed by atoms with van der Waals surface area (Å²) in [4.78, 5) is 2.20. The fourth-order valence-electron chi connectivity index (χ4n) is 4.43. The normalized spacial score (nSPS) is 11.2.